The minimum Gasteiger partial charge on any atom is -0.456 e. The summed E-state index contributed by atoms with van der Waals surface area (Å²) >= 11 is 1.15. The Bertz CT molecular complexity index is 1310. The van der Waals surface area contributed by atoms with E-state index in [2.05, 4.69) is 5.32 Å². The zero-order valence-corrected chi connectivity index (χ0v) is 22.0. The highest BCUT2D eigenvalue weighted by Crippen LogP contribution is 2.37. The normalized spacial score (nSPS) is 15.8. The van der Waals surface area contributed by atoms with Crippen LogP contribution in [-0.4, -0.2) is 37.8 Å². The molecule has 2 heterocycles. The largest absolute Gasteiger partial charge is 0.456 e. The van der Waals surface area contributed by atoms with Crippen LogP contribution < -0.4 is 5.32 Å². The highest BCUT2D eigenvalue weighted by atomic mass is 32.2. The summed E-state index contributed by atoms with van der Waals surface area (Å²) in [4.78, 5) is 25.5. The maximum absolute atomic E-state index is 13.4. The number of nitrogens with zero attached hydrogens (tertiary/aromatic N) is 1. The monoisotopic (exact) mass is 526 g/mol. The fraction of sp³-hybridized carbons (Fsp3) is 0.333. The van der Waals surface area contributed by atoms with E-state index in [0.29, 0.717) is 6.42 Å². The van der Waals surface area contributed by atoms with Gasteiger partial charge >= 0.3 is 5.97 Å². The topological polar surface area (TPSA) is 92.8 Å². The summed E-state index contributed by atoms with van der Waals surface area (Å²) in [5, 5.41) is 4.60. The molecule has 190 valence electrons. The molecule has 1 N–H and O–H groups in total. The molecular weight excluding hydrogens is 496 g/mol. The quantitative estimate of drug-likeness (QED) is 0.407. The molecule has 4 rings (SSSR count). The van der Waals surface area contributed by atoms with E-state index in [4.69, 9.17) is 4.74 Å². The van der Waals surface area contributed by atoms with E-state index in [1.54, 1.807) is 17.5 Å². The Morgan fingerprint density at radius 1 is 1.03 bits per heavy atom. The van der Waals surface area contributed by atoms with Gasteiger partial charge in [-0.05, 0) is 53.0 Å². The zero-order chi connectivity index (χ0) is 25.7. The Hall–Kier alpha value is -3.01. The van der Waals surface area contributed by atoms with Gasteiger partial charge in [0.15, 0.2) is 6.61 Å². The van der Waals surface area contributed by atoms with Crippen molar-refractivity contribution in [2.24, 2.45) is 0 Å². The number of anilines is 1. The lowest BCUT2D eigenvalue weighted by Crippen LogP contribution is -2.41. The number of ether oxygens (including phenoxy) is 1. The van der Waals surface area contributed by atoms with Crippen LogP contribution >= 0.6 is 11.3 Å². The molecule has 36 heavy (non-hydrogen) atoms. The molecule has 0 aliphatic carbocycles. The molecule has 7 nitrogen and oxygen atoms in total. The number of esters is 1. The van der Waals surface area contributed by atoms with Crippen LogP contribution in [0.1, 0.15) is 48.6 Å². The molecule has 0 fully saturated rings. The van der Waals surface area contributed by atoms with Crippen molar-refractivity contribution in [3.8, 4) is 0 Å². The van der Waals surface area contributed by atoms with Crippen molar-refractivity contribution in [3.05, 3.63) is 82.2 Å². The van der Waals surface area contributed by atoms with Crippen LogP contribution in [0.3, 0.4) is 0 Å². The lowest BCUT2D eigenvalue weighted by Gasteiger charge is -2.35. The maximum Gasteiger partial charge on any atom is 0.308 e. The fourth-order valence-corrected chi connectivity index (χ4v) is 7.32. The first-order chi connectivity index (χ1) is 17.3. The predicted molar refractivity (Wildman–Crippen MR) is 141 cm³/mol. The summed E-state index contributed by atoms with van der Waals surface area (Å²) in [6, 6.07) is 16.0. The van der Waals surface area contributed by atoms with Gasteiger partial charge in [0.25, 0.3) is 15.9 Å². The number of para-hydroxylation sites is 1. The van der Waals surface area contributed by atoms with Gasteiger partial charge in [0.2, 0.25) is 0 Å². The second kappa shape index (κ2) is 11.4. The number of hydrogen-bond donors (Lipinski definition) is 1. The number of rotatable bonds is 9. The van der Waals surface area contributed by atoms with Gasteiger partial charge in [-0.2, -0.15) is 4.31 Å². The average Bonchev–Trinajstić information content (AvgIpc) is 3.44. The molecule has 0 saturated carbocycles. The number of carbonyl (C=O) groups excluding carboxylic acids is 2. The molecule has 0 spiro atoms. The van der Waals surface area contributed by atoms with Crippen molar-refractivity contribution in [2.75, 3.05) is 18.5 Å². The highest BCUT2D eigenvalue weighted by Gasteiger charge is 2.38. The number of aryl methyl sites for hydroxylation is 2. The van der Waals surface area contributed by atoms with Crippen molar-refractivity contribution >= 4 is 38.9 Å². The third-order valence-electron chi connectivity index (χ3n) is 6.41. The lowest BCUT2D eigenvalue weighted by molar-refractivity contribution is -0.148. The number of thiophene rings is 1. The first-order valence-electron chi connectivity index (χ1n) is 12.0. The van der Waals surface area contributed by atoms with Crippen LogP contribution in [0, 0.1) is 0 Å². The molecular formula is C27H30N2O5S2. The Morgan fingerprint density at radius 2 is 1.75 bits per heavy atom. The average molecular weight is 527 g/mol. The summed E-state index contributed by atoms with van der Waals surface area (Å²) in [5.74, 6) is -1.05. The molecule has 0 bridgehead atoms. The fourth-order valence-electron chi connectivity index (χ4n) is 4.60. The number of carbonyl (C=O) groups is 2. The summed E-state index contributed by atoms with van der Waals surface area (Å²) in [6.45, 7) is 3.86. The molecule has 0 radical (unpaired) electrons. The Balaban J connectivity index is 1.48. The summed E-state index contributed by atoms with van der Waals surface area (Å²) in [7, 11) is -3.78. The van der Waals surface area contributed by atoms with Crippen LogP contribution in [-0.2, 0) is 43.6 Å². The van der Waals surface area contributed by atoms with Crippen molar-refractivity contribution < 1.29 is 22.7 Å². The molecule has 1 aromatic heterocycles. The second-order valence-electron chi connectivity index (χ2n) is 8.58. The van der Waals surface area contributed by atoms with Gasteiger partial charge in [0.1, 0.15) is 4.21 Å². The number of amides is 1. The molecule has 1 amide bonds. The van der Waals surface area contributed by atoms with Crippen LogP contribution in [0.2, 0.25) is 0 Å². The Labute approximate surface area is 216 Å². The van der Waals surface area contributed by atoms with Gasteiger partial charge in [0.05, 0.1) is 12.5 Å². The standard InChI is InChI=1S/C27H30N2O5S2/c1-3-19-10-7-11-20(4-2)27(19)28-24(30)18-34-25(31)17-23-22-12-6-5-9-21(22)14-15-29(23)36(32,33)26-13-8-16-35-26/h5-13,16,23H,3-4,14-15,17-18H2,1-2H3,(H,28,30)/t23-/m1/s1. The van der Waals surface area contributed by atoms with Gasteiger partial charge in [0, 0.05) is 12.2 Å². The van der Waals surface area contributed by atoms with Gasteiger partial charge < -0.3 is 10.1 Å². The molecule has 1 aliphatic heterocycles. The number of sulfonamides is 1. The number of fused-ring (bicyclic) bond motifs is 1. The Kier molecular flexibility index (Phi) is 8.23. The van der Waals surface area contributed by atoms with E-state index in [0.717, 1.165) is 52.1 Å². The second-order valence-corrected chi connectivity index (χ2v) is 11.6. The molecule has 0 unspecified atom stereocenters. The first-order valence-corrected chi connectivity index (χ1v) is 14.4. The predicted octanol–water partition coefficient (Wildman–Crippen LogP) is 4.73. The van der Waals surface area contributed by atoms with Crippen molar-refractivity contribution in [3.63, 3.8) is 0 Å². The minimum absolute atomic E-state index is 0.180. The number of benzene rings is 2. The van der Waals surface area contributed by atoms with E-state index < -0.39 is 34.5 Å². The molecule has 2 aromatic carbocycles. The maximum atomic E-state index is 13.4. The van der Waals surface area contributed by atoms with Gasteiger partial charge in [-0.25, -0.2) is 8.42 Å². The summed E-state index contributed by atoms with van der Waals surface area (Å²) in [5.41, 5.74) is 4.59. The van der Waals surface area contributed by atoms with E-state index >= 15 is 0 Å². The molecule has 9 heteroatoms. The van der Waals surface area contributed by atoms with E-state index in [-0.39, 0.29) is 17.2 Å². The molecule has 0 saturated heterocycles. The van der Waals surface area contributed by atoms with Gasteiger partial charge in [-0.1, -0.05) is 62.4 Å². The highest BCUT2D eigenvalue weighted by molar-refractivity contribution is 7.91. The van der Waals surface area contributed by atoms with Crippen LogP contribution in [0.5, 0.6) is 0 Å². The van der Waals surface area contributed by atoms with Gasteiger partial charge in [-0.15, -0.1) is 11.3 Å². The van der Waals surface area contributed by atoms with Crippen LogP contribution in [0.4, 0.5) is 5.69 Å². The number of nitrogens with one attached hydrogen (secondary N) is 1. The first kappa shape index (κ1) is 26.1. The van der Waals surface area contributed by atoms with E-state index in [9.17, 15) is 18.0 Å². The smallest absolute Gasteiger partial charge is 0.308 e. The van der Waals surface area contributed by atoms with Crippen LogP contribution in [0.15, 0.2) is 64.2 Å². The molecule has 3 aromatic rings. The lowest BCUT2D eigenvalue weighted by atomic mass is 9.92. The van der Waals surface area contributed by atoms with E-state index in [1.165, 1.54) is 4.31 Å². The molecule has 1 aliphatic rings. The molecule has 1 atom stereocenters. The van der Waals surface area contributed by atoms with Crippen molar-refractivity contribution in [1.82, 2.24) is 4.31 Å². The van der Waals surface area contributed by atoms with Crippen molar-refractivity contribution in [1.29, 1.82) is 0 Å². The third kappa shape index (κ3) is 5.53. The van der Waals surface area contributed by atoms with Crippen molar-refractivity contribution in [2.45, 2.75) is 49.8 Å². The van der Waals surface area contributed by atoms with E-state index in [1.807, 2.05) is 56.3 Å². The minimum atomic E-state index is -3.78. The Morgan fingerprint density at radius 3 is 2.42 bits per heavy atom. The van der Waals surface area contributed by atoms with Crippen LogP contribution in [0.25, 0.3) is 0 Å². The van der Waals surface area contributed by atoms with Gasteiger partial charge in [-0.3, -0.25) is 9.59 Å². The summed E-state index contributed by atoms with van der Waals surface area (Å²) in [6.07, 6.45) is 1.91. The summed E-state index contributed by atoms with van der Waals surface area (Å²) < 4.78 is 33.7. The third-order valence-corrected chi connectivity index (χ3v) is 9.69. The zero-order valence-electron chi connectivity index (χ0n) is 20.4. The number of hydrogen-bond acceptors (Lipinski definition) is 6. The SMILES string of the molecule is CCc1cccc(CC)c1NC(=O)COC(=O)C[C@@H]1c2ccccc2CCN1S(=O)(=O)c1cccs1.